The zero-order chi connectivity index (χ0) is 20.7. The predicted octanol–water partition coefficient (Wildman–Crippen LogP) is 2.10. The first-order chi connectivity index (χ1) is 14.0. The van der Waals surface area contributed by atoms with Crippen molar-refractivity contribution in [2.45, 2.75) is 11.3 Å². The maximum absolute atomic E-state index is 12.7. The summed E-state index contributed by atoms with van der Waals surface area (Å²) >= 11 is 6.18. The minimum absolute atomic E-state index is 0.0871. The first-order valence-corrected chi connectivity index (χ1v) is 11.1. The molecule has 1 saturated heterocycles. The van der Waals surface area contributed by atoms with E-state index in [2.05, 4.69) is 5.32 Å². The van der Waals surface area contributed by atoms with Gasteiger partial charge >= 0.3 is 0 Å². The van der Waals surface area contributed by atoms with Gasteiger partial charge in [0.15, 0.2) is 6.61 Å². The fraction of sp³-hybridized carbons (Fsp3) is 0.350. The second kappa shape index (κ2) is 10.1. The number of rotatable bonds is 8. The molecule has 0 radical (unpaired) electrons. The van der Waals surface area contributed by atoms with Gasteiger partial charge in [-0.1, -0.05) is 41.9 Å². The highest BCUT2D eigenvalue weighted by Crippen LogP contribution is 2.29. The van der Waals surface area contributed by atoms with E-state index in [1.54, 1.807) is 0 Å². The summed E-state index contributed by atoms with van der Waals surface area (Å²) in [5.41, 5.74) is 1.13. The molecule has 0 saturated carbocycles. The van der Waals surface area contributed by atoms with Gasteiger partial charge in [-0.2, -0.15) is 4.31 Å². The van der Waals surface area contributed by atoms with Crippen molar-refractivity contribution in [2.75, 3.05) is 39.5 Å². The molecular formula is C20H23ClN2O5S. The summed E-state index contributed by atoms with van der Waals surface area (Å²) in [5.74, 6) is -0.0205. The van der Waals surface area contributed by atoms with Crippen molar-refractivity contribution in [3.63, 3.8) is 0 Å². The van der Waals surface area contributed by atoms with Gasteiger partial charge in [0.2, 0.25) is 10.0 Å². The maximum atomic E-state index is 12.7. The quantitative estimate of drug-likeness (QED) is 0.682. The molecule has 3 rings (SSSR count). The Bertz CT molecular complexity index is 931. The summed E-state index contributed by atoms with van der Waals surface area (Å²) in [6, 6.07) is 14.1. The highest BCUT2D eigenvalue weighted by atomic mass is 35.5. The third kappa shape index (κ3) is 5.93. The Morgan fingerprint density at radius 3 is 2.55 bits per heavy atom. The molecule has 1 aliphatic rings. The number of nitrogens with zero attached hydrogens (tertiary/aromatic N) is 1. The summed E-state index contributed by atoms with van der Waals surface area (Å²) in [6.45, 7) is 1.64. The smallest absolute Gasteiger partial charge is 0.257 e. The normalized spacial score (nSPS) is 15.1. The van der Waals surface area contributed by atoms with Crippen LogP contribution in [0.4, 0.5) is 0 Å². The van der Waals surface area contributed by atoms with Crippen molar-refractivity contribution in [1.82, 2.24) is 9.62 Å². The molecule has 9 heteroatoms. The molecule has 0 bridgehead atoms. The van der Waals surface area contributed by atoms with Crippen LogP contribution < -0.4 is 10.1 Å². The zero-order valence-electron chi connectivity index (χ0n) is 15.8. The van der Waals surface area contributed by atoms with E-state index >= 15 is 0 Å². The van der Waals surface area contributed by atoms with Crippen molar-refractivity contribution < 1.29 is 22.7 Å². The van der Waals surface area contributed by atoms with Crippen LogP contribution in [0.1, 0.15) is 5.56 Å². The average molecular weight is 439 g/mol. The van der Waals surface area contributed by atoms with Gasteiger partial charge in [-0.05, 0) is 30.2 Å². The van der Waals surface area contributed by atoms with E-state index in [1.165, 1.54) is 22.5 Å². The fourth-order valence-electron chi connectivity index (χ4n) is 2.88. The second-order valence-electron chi connectivity index (χ2n) is 6.48. The molecule has 7 nitrogen and oxygen atoms in total. The number of benzene rings is 2. The Hall–Kier alpha value is -2.13. The number of carbonyl (C=O) groups is 1. The lowest BCUT2D eigenvalue weighted by Gasteiger charge is -2.26. The van der Waals surface area contributed by atoms with Gasteiger partial charge in [-0.3, -0.25) is 4.79 Å². The first kappa shape index (κ1) is 21.6. The second-order valence-corrected chi connectivity index (χ2v) is 8.83. The van der Waals surface area contributed by atoms with E-state index in [-0.39, 0.29) is 28.2 Å². The molecule has 29 heavy (non-hydrogen) atoms. The summed E-state index contributed by atoms with van der Waals surface area (Å²) in [5, 5.41) is 2.91. The average Bonchev–Trinajstić information content (AvgIpc) is 2.74. The van der Waals surface area contributed by atoms with E-state index in [4.69, 9.17) is 21.1 Å². The third-order valence-electron chi connectivity index (χ3n) is 4.45. The number of ether oxygens (including phenoxy) is 2. The van der Waals surface area contributed by atoms with Crippen LogP contribution in [-0.2, 0) is 26.0 Å². The number of hydrogen-bond acceptors (Lipinski definition) is 5. The van der Waals surface area contributed by atoms with E-state index in [9.17, 15) is 13.2 Å². The third-order valence-corrected chi connectivity index (χ3v) is 6.64. The van der Waals surface area contributed by atoms with Gasteiger partial charge in [0, 0.05) is 19.6 Å². The summed E-state index contributed by atoms with van der Waals surface area (Å²) in [7, 11) is -3.64. The van der Waals surface area contributed by atoms with Crippen molar-refractivity contribution in [3.05, 3.63) is 59.1 Å². The monoisotopic (exact) mass is 438 g/mol. The number of halogens is 1. The van der Waals surface area contributed by atoms with E-state index in [0.717, 1.165) is 12.0 Å². The molecule has 2 aromatic carbocycles. The number of hydrogen-bond donors (Lipinski definition) is 1. The minimum Gasteiger partial charge on any atom is -0.482 e. The van der Waals surface area contributed by atoms with Crippen LogP contribution in [0, 0.1) is 0 Å². The van der Waals surface area contributed by atoms with Crippen LogP contribution in [0.2, 0.25) is 5.02 Å². The van der Waals surface area contributed by atoms with E-state index in [1.807, 2.05) is 30.3 Å². The van der Waals surface area contributed by atoms with E-state index < -0.39 is 10.0 Å². The molecule has 0 aromatic heterocycles. The molecule has 1 heterocycles. The number of nitrogens with one attached hydrogen (secondary N) is 1. The molecular weight excluding hydrogens is 416 g/mol. The topological polar surface area (TPSA) is 84.9 Å². The van der Waals surface area contributed by atoms with Gasteiger partial charge in [-0.25, -0.2) is 8.42 Å². The van der Waals surface area contributed by atoms with Crippen LogP contribution in [0.25, 0.3) is 0 Å². The molecule has 1 aliphatic heterocycles. The van der Waals surface area contributed by atoms with Crippen molar-refractivity contribution >= 4 is 27.5 Å². The van der Waals surface area contributed by atoms with Crippen LogP contribution in [0.5, 0.6) is 5.75 Å². The Labute approximate surface area is 175 Å². The molecule has 156 valence electrons. The van der Waals surface area contributed by atoms with Gasteiger partial charge in [-0.15, -0.1) is 0 Å². The molecule has 0 unspecified atom stereocenters. The van der Waals surface area contributed by atoms with Crippen LogP contribution in [-0.4, -0.2) is 58.1 Å². The van der Waals surface area contributed by atoms with E-state index in [0.29, 0.717) is 32.8 Å². The molecule has 2 aromatic rings. The highest BCUT2D eigenvalue weighted by molar-refractivity contribution is 7.89. The molecule has 1 amide bonds. The number of morpholine rings is 1. The standard InChI is InChI=1S/C20H23ClN2O5S/c21-18-14-17(29(25,26)23-10-12-27-13-11-23)6-7-19(18)28-15-20(24)22-9-8-16-4-2-1-3-5-16/h1-7,14H,8-13,15H2,(H,22,24). The lowest BCUT2D eigenvalue weighted by atomic mass is 10.1. The number of sulfonamides is 1. The number of carbonyl (C=O) groups excluding carboxylic acids is 1. The Balaban J connectivity index is 1.51. The van der Waals surface area contributed by atoms with Crippen molar-refractivity contribution in [1.29, 1.82) is 0 Å². The van der Waals surface area contributed by atoms with Crippen molar-refractivity contribution in [2.24, 2.45) is 0 Å². The summed E-state index contributed by atoms with van der Waals surface area (Å²) in [6.07, 6.45) is 0.724. The van der Waals surface area contributed by atoms with Crippen molar-refractivity contribution in [3.8, 4) is 5.75 Å². The Morgan fingerprint density at radius 1 is 1.14 bits per heavy atom. The van der Waals surface area contributed by atoms with Gasteiger partial charge in [0.25, 0.3) is 5.91 Å². The fourth-order valence-corrected chi connectivity index (χ4v) is 4.61. The first-order valence-electron chi connectivity index (χ1n) is 9.28. The Morgan fingerprint density at radius 2 is 1.86 bits per heavy atom. The largest absolute Gasteiger partial charge is 0.482 e. The summed E-state index contributed by atoms with van der Waals surface area (Å²) in [4.78, 5) is 12.0. The lowest BCUT2D eigenvalue weighted by Crippen LogP contribution is -2.40. The lowest BCUT2D eigenvalue weighted by molar-refractivity contribution is -0.123. The van der Waals surface area contributed by atoms with Crippen LogP contribution in [0.15, 0.2) is 53.4 Å². The molecule has 1 N–H and O–H groups in total. The molecule has 0 spiro atoms. The van der Waals surface area contributed by atoms with Crippen LogP contribution >= 0.6 is 11.6 Å². The maximum Gasteiger partial charge on any atom is 0.257 e. The highest BCUT2D eigenvalue weighted by Gasteiger charge is 2.27. The molecule has 0 atom stereocenters. The van der Waals surface area contributed by atoms with Gasteiger partial charge in [0.1, 0.15) is 5.75 Å². The summed E-state index contributed by atoms with van der Waals surface area (Å²) < 4.78 is 37.3. The zero-order valence-corrected chi connectivity index (χ0v) is 17.4. The molecule has 1 fully saturated rings. The van der Waals surface area contributed by atoms with Gasteiger partial charge < -0.3 is 14.8 Å². The predicted molar refractivity (Wildman–Crippen MR) is 110 cm³/mol. The van der Waals surface area contributed by atoms with Crippen LogP contribution in [0.3, 0.4) is 0 Å². The SMILES string of the molecule is O=C(COc1ccc(S(=O)(=O)N2CCOCC2)cc1Cl)NCCc1ccccc1. The number of amides is 1. The molecule has 0 aliphatic carbocycles. The minimum atomic E-state index is -3.64. The Kier molecular flexibility index (Phi) is 7.49. The van der Waals surface area contributed by atoms with Gasteiger partial charge in [0.05, 0.1) is 23.1 Å².